The van der Waals surface area contributed by atoms with Gasteiger partial charge in [-0.25, -0.2) is 0 Å². The molecule has 0 aliphatic heterocycles. The minimum absolute atomic E-state index is 0.0233. The monoisotopic (exact) mass is 448 g/mol. The maximum absolute atomic E-state index is 13.6. The highest BCUT2D eigenvalue weighted by atomic mass is 16.5. The lowest BCUT2D eigenvalue weighted by Gasteiger charge is -2.49. The van der Waals surface area contributed by atoms with Crippen LogP contribution in [0.2, 0.25) is 0 Å². The highest BCUT2D eigenvalue weighted by molar-refractivity contribution is 5.86. The summed E-state index contributed by atoms with van der Waals surface area (Å²) in [7, 11) is 1.44. The minimum Gasteiger partial charge on any atom is -0.469 e. The number of carbonyl (C=O) groups excluding carboxylic acids is 3. The molecule has 8 atom stereocenters. The fraction of sp³-hybridized carbons (Fsp3) is 0.889. The third kappa shape index (κ3) is 5.39. The molecule has 1 unspecified atom stereocenters. The van der Waals surface area contributed by atoms with Gasteiger partial charge in [-0.2, -0.15) is 0 Å². The van der Waals surface area contributed by atoms with Crippen LogP contribution in [-0.4, -0.2) is 30.9 Å². The quantitative estimate of drug-likeness (QED) is 0.502. The molecule has 0 amide bonds. The van der Waals surface area contributed by atoms with Crippen molar-refractivity contribution in [3.8, 4) is 0 Å². The first-order valence-electron chi connectivity index (χ1n) is 12.9. The van der Waals surface area contributed by atoms with Gasteiger partial charge in [0.25, 0.3) is 0 Å². The van der Waals surface area contributed by atoms with Crippen molar-refractivity contribution in [3.63, 3.8) is 0 Å². The summed E-state index contributed by atoms with van der Waals surface area (Å²) in [5.41, 5.74) is -0.246. The van der Waals surface area contributed by atoms with E-state index in [1.54, 1.807) is 0 Å². The van der Waals surface area contributed by atoms with Gasteiger partial charge in [0, 0.05) is 25.2 Å². The third-order valence-electron chi connectivity index (χ3n) is 9.31. The Morgan fingerprint density at radius 2 is 1.88 bits per heavy atom. The molecule has 0 aromatic rings. The van der Waals surface area contributed by atoms with Crippen LogP contribution in [0.25, 0.3) is 0 Å². The first kappa shape index (κ1) is 25.2. The Balaban J connectivity index is 1.73. The normalized spacial score (nSPS) is 38.8. The van der Waals surface area contributed by atoms with Crippen LogP contribution >= 0.6 is 0 Å². The van der Waals surface area contributed by atoms with Crippen LogP contribution < -0.4 is 0 Å². The number of hydrogen-bond acceptors (Lipinski definition) is 5. The Morgan fingerprint density at radius 3 is 2.56 bits per heavy atom. The maximum Gasteiger partial charge on any atom is 0.305 e. The number of fused-ring (bicyclic) bond motifs is 3. The van der Waals surface area contributed by atoms with Gasteiger partial charge in [-0.05, 0) is 86.9 Å². The first-order chi connectivity index (χ1) is 15.2. The van der Waals surface area contributed by atoms with Crippen LogP contribution in [0.1, 0.15) is 98.3 Å². The van der Waals surface area contributed by atoms with Crippen molar-refractivity contribution in [1.82, 2.24) is 0 Å². The van der Waals surface area contributed by atoms with Gasteiger partial charge in [0.2, 0.25) is 0 Å². The van der Waals surface area contributed by atoms with Crippen molar-refractivity contribution in [2.75, 3.05) is 7.11 Å². The lowest BCUT2D eigenvalue weighted by atomic mass is 9.54. The number of Topliss-reactive ketones (excluding diaryl/α,β-unsaturated/α-hetero) is 1. The average Bonchev–Trinajstić information content (AvgIpc) is 3.09. The Hall–Kier alpha value is -1.39. The highest BCUT2D eigenvalue weighted by Gasteiger charge is 2.58. The van der Waals surface area contributed by atoms with Gasteiger partial charge in [-0.3, -0.25) is 14.4 Å². The average molecular weight is 449 g/mol. The lowest BCUT2D eigenvalue weighted by Crippen LogP contribution is -2.49. The van der Waals surface area contributed by atoms with E-state index in [1.165, 1.54) is 20.5 Å². The van der Waals surface area contributed by atoms with Crippen LogP contribution in [0, 0.1) is 40.9 Å². The molecule has 5 nitrogen and oxygen atoms in total. The third-order valence-corrected chi connectivity index (χ3v) is 9.31. The summed E-state index contributed by atoms with van der Waals surface area (Å²) >= 11 is 0. The molecule has 3 aliphatic carbocycles. The Kier molecular flexibility index (Phi) is 8.43. The molecule has 3 aliphatic rings. The van der Waals surface area contributed by atoms with Gasteiger partial charge >= 0.3 is 11.9 Å². The molecule has 0 aromatic carbocycles. The van der Waals surface area contributed by atoms with Gasteiger partial charge in [-0.1, -0.05) is 27.2 Å². The molecule has 0 heterocycles. The van der Waals surface area contributed by atoms with Gasteiger partial charge in [0.05, 0.1) is 7.11 Å². The second-order valence-electron chi connectivity index (χ2n) is 11.3. The summed E-state index contributed by atoms with van der Waals surface area (Å²) in [6.07, 6.45) is 10.5. The zero-order valence-electron chi connectivity index (χ0n) is 20.9. The van der Waals surface area contributed by atoms with E-state index in [9.17, 15) is 14.4 Å². The number of carbonyl (C=O) groups is 3. The largest absolute Gasteiger partial charge is 0.469 e. The smallest absolute Gasteiger partial charge is 0.305 e. The van der Waals surface area contributed by atoms with Crippen molar-refractivity contribution < 1.29 is 23.9 Å². The second kappa shape index (κ2) is 10.7. The summed E-state index contributed by atoms with van der Waals surface area (Å²) < 4.78 is 10.4. The molecule has 5 heteroatoms. The van der Waals surface area contributed by atoms with E-state index >= 15 is 0 Å². The standard InChI is InChI=1S/C27H44O5/c1-17-9-11-22-20(7-6-8-21(15-17)32-19(3)28)16-25(29)27(4)23(12-13-24(22)27)18(2)10-14-26(30)31-5/h17-18,20-24H,6-16H2,1-5H3/t17-,18-,20+,21-,22-,23?,24+,27-/m1/s1. The number of ketones is 1. The summed E-state index contributed by atoms with van der Waals surface area (Å²) in [5.74, 6) is 2.92. The minimum atomic E-state index is -0.246. The molecule has 0 bridgehead atoms. The van der Waals surface area contributed by atoms with Crippen LogP contribution in [0.15, 0.2) is 0 Å². The zero-order valence-corrected chi connectivity index (χ0v) is 20.9. The zero-order chi connectivity index (χ0) is 23.5. The van der Waals surface area contributed by atoms with E-state index in [0.29, 0.717) is 54.1 Å². The molecule has 32 heavy (non-hydrogen) atoms. The molecule has 3 saturated carbocycles. The van der Waals surface area contributed by atoms with Gasteiger partial charge in [0.15, 0.2) is 0 Å². The Morgan fingerprint density at radius 1 is 1.12 bits per heavy atom. The molecule has 0 radical (unpaired) electrons. The van der Waals surface area contributed by atoms with E-state index in [0.717, 1.165) is 51.4 Å². The number of hydrogen-bond donors (Lipinski definition) is 0. The molecule has 3 fully saturated rings. The number of esters is 2. The lowest BCUT2D eigenvalue weighted by molar-refractivity contribution is -0.147. The van der Waals surface area contributed by atoms with E-state index in [1.807, 2.05) is 0 Å². The van der Waals surface area contributed by atoms with Crippen molar-refractivity contribution in [3.05, 3.63) is 0 Å². The van der Waals surface area contributed by atoms with Crippen LogP contribution in [0.3, 0.4) is 0 Å². The molecule has 0 spiro atoms. The van der Waals surface area contributed by atoms with Gasteiger partial charge < -0.3 is 9.47 Å². The molecule has 0 N–H and O–H groups in total. The molecule has 182 valence electrons. The summed E-state index contributed by atoms with van der Waals surface area (Å²) in [4.78, 5) is 36.8. The molecule has 0 aromatic heterocycles. The summed E-state index contributed by atoms with van der Waals surface area (Å²) in [6, 6.07) is 0. The molecular weight excluding hydrogens is 404 g/mol. The first-order valence-corrected chi connectivity index (χ1v) is 12.9. The van der Waals surface area contributed by atoms with Crippen LogP contribution in [-0.2, 0) is 23.9 Å². The molecular formula is C27H44O5. The predicted molar refractivity (Wildman–Crippen MR) is 124 cm³/mol. The maximum atomic E-state index is 13.6. The fourth-order valence-corrected chi connectivity index (χ4v) is 7.63. The van der Waals surface area contributed by atoms with E-state index in [4.69, 9.17) is 9.47 Å². The van der Waals surface area contributed by atoms with Crippen molar-refractivity contribution in [2.45, 2.75) is 104 Å². The molecule has 3 rings (SSSR count). The van der Waals surface area contributed by atoms with Crippen molar-refractivity contribution in [2.24, 2.45) is 40.9 Å². The SMILES string of the molecule is COC(=O)CC[C@@H](C)C1CC[C@H]2[C@@H]3CC[C@@H](C)C[C@H](OC(C)=O)CCC[C@H]3CC(=O)[C@]12C. The van der Waals surface area contributed by atoms with Crippen LogP contribution in [0.4, 0.5) is 0 Å². The van der Waals surface area contributed by atoms with Crippen molar-refractivity contribution in [1.29, 1.82) is 0 Å². The number of ether oxygens (including phenoxy) is 2. The van der Waals surface area contributed by atoms with E-state index in [2.05, 4.69) is 20.8 Å². The van der Waals surface area contributed by atoms with Gasteiger partial charge in [0.1, 0.15) is 11.9 Å². The van der Waals surface area contributed by atoms with E-state index < -0.39 is 0 Å². The van der Waals surface area contributed by atoms with Crippen molar-refractivity contribution >= 4 is 17.7 Å². The topological polar surface area (TPSA) is 69.7 Å². The Labute approximate surface area is 194 Å². The predicted octanol–water partition coefficient (Wildman–Crippen LogP) is 5.74. The fourth-order valence-electron chi connectivity index (χ4n) is 7.63. The summed E-state index contributed by atoms with van der Waals surface area (Å²) in [5, 5.41) is 0. The van der Waals surface area contributed by atoms with Crippen LogP contribution in [0.5, 0.6) is 0 Å². The highest BCUT2D eigenvalue weighted by Crippen LogP contribution is 2.61. The number of methoxy groups -OCH3 is 1. The van der Waals surface area contributed by atoms with E-state index in [-0.39, 0.29) is 23.5 Å². The number of rotatable bonds is 5. The second-order valence-corrected chi connectivity index (χ2v) is 11.3. The van der Waals surface area contributed by atoms with Gasteiger partial charge in [-0.15, -0.1) is 0 Å². The summed E-state index contributed by atoms with van der Waals surface area (Å²) in [6.45, 7) is 8.27. The Bertz CT molecular complexity index is 688. The molecule has 0 saturated heterocycles.